The van der Waals surface area contributed by atoms with Crippen molar-refractivity contribution < 1.29 is 9.59 Å². The van der Waals surface area contributed by atoms with Gasteiger partial charge in [-0.15, -0.1) is 11.3 Å². The second-order valence-electron chi connectivity index (χ2n) is 6.11. The molecular weight excluding hydrogens is 348 g/mol. The molecule has 3 heterocycles. The molecule has 1 aliphatic rings. The van der Waals surface area contributed by atoms with Crippen molar-refractivity contribution in [1.29, 1.82) is 0 Å². The minimum absolute atomic E-state index is 0.108. The van der Waals surface area contributed by atoms with Gasteiger partial charge in [-0.2, -0.15) is 5.10 Å². The molecule has 26 heavy (non-hydrogen) atoms. The number of carbonyl (C=O) groups excluding carboxylic acids is 2. The van der Waals surface area contributed by atoms with Gasteiger partial charge in [-0.05, 0) is 36.1 Å². The number of carbonyl (C=O) groups is 2. The molecule has 4 rings (SSSR count). The summed E-state index contributed by atoms with van der Waals surface area (Å²) in [5, 5.41) is 9.21. The molecule has 1 aromatic carbocycles. The third-order valence-electron chi connectivity index (χ3n) is 4.34. The molecule has 0 radical (unpaired) electrons. The highest BCUT2D eigenvalue weighted by atomic mass is 32.1. The maximum atomic E-state index is 12.7. The maximum absolute atomic E-state index is 12.7. The number of thiophene rings is 1. The van der Waals surface area contributed by atoms with Gasteiger partial charge in [0, 0.05) is 35.2 Å². The van der Waals surface area contributed by atoms with Gasteiger partial charge in [0.25, 0.3) is 5.91 Å². The average molecular weight is 366 g/mol. The number of amides is 2. The van der Waals surface area contributed by atoms with Gasteiger partial charge in [-0.3, -0.25) is 9.59 Å². The fraction of sp³-hybridized carbons (Fsp3) is 0.211. The van der Waals surface area contributed by atoms with Gasteiger partial charge in [-0.25, -0.2) is 4.68 Å². The van der Waals surface area contributed by atoms with Crippen LogP contribution in [-0.2, 0) is 11.3 Å². The number of hydrogen-bond donors (Lipinski definition) is 1. The first-order valence-electron chi connectivity index (χ1n) is 8.47. The molecule has 0 unspecified atom stereocenters. The highest BCUT2D eigenvalue weighted by Gasteiger charge is 2.22. The summed E-state index contributed by atoms with van der Waals surface area (Å²) >= 11 is 1.65. The van der Waals surface area contributed by atoms with E-state index in [1.807, 2.05) is 23.6 Å². The van der Waals surface area contributed by atoms with Crippen LogP contribution in [0.4, 0.5) is 11.5 Å². The fourth-order valence-corrected chi connectivity index (χ4v) is 3.73. The van der Waals surface area contributed by atoms with E-state index in [2.05, 4.69) is 10.4 Å². The largest absolute Gasteiger partial charge is 0.312 e. The quantitative estimate of drug-likeness (QED) is 0.753. The molecule has 3 aromatic rings. The topological polar surface area (TPSA) is 67.2 Å². The van der Waals surface area contributed by atoms with Crippen LogP contribution in [0.15, 0.2) is 54.0 Å². The Balaban J connectivity index is 1.51. The lowest BCUT2D eigenvalue weighted by molar-refractivity contribution is -0.117. The molecule has 7 heteroatoms. The Labute approximate surface area is 155 Å². The van der Waals surface area contributed by atoms with E-state index < -0.39 is 0 Å². The van der Waals surface area contributed by atoms with E-state index in [0.29, 0.717) is 30.9 Å². The van der Waals surface area contributed by atoms with Gasteiger partial charge in [-0.1, -0.05) is 12.1 Å². The van der Waals surface area contributed by atoms with Crippen LogP contribution in [0.3, 0.4) is 0 Å². The second-order valence-corrected chi connectivity index (χ2v) is 7.14. The van der Waals surface area contributed by atoms with Crippen molar-refractivity contribution in [2.45, 2.75) is 19.4 Å². The van der Waals surface area contributed by atoms with Crippen LogP contribution < -0.4 is 10.2 Å². The van der Waals surface area contributed by atoms with E-state index in [1.165, 1.54) is 4.88 Å². The lowest BCUT2D eigenvalue weighted by Gasteiger charge is -2.16. The van der Waals surface area contributed by atoms with Crippen molar-refractivity contribution >= 4 is 34.7 Å². The number of benzene rings is 1. The van der Waals surface area contributed by atoms with Crippen LogP contribution in [0.2, 0.25) is 0 Å². The van der Waals surface area contributed by atoms with Gasteiger partial charge in [0.05, 0.1) is 12.7 Å². The zero-order valence-electron chi connectivity index (χ0n) is 14.1. The number of nitrogens with one attached hydrogen (secondary N) is 1. The molecule has 2 aromatic heterocycles. The average Bonchev–Trinajstić information content (AvgIpc) is 3.39. The molecule has 1 aliphatic heterocycles. The van der Waals surface area contributed by atoms with Crippen LogP contribution >= 0.6 is 11.3 Å². The van der Waals surface area contributed by atoms with Gasteiger partial charge >= 0.3 is 0 Å². The molecule has 1 saturated heterocycles. The Bertz CT molecular complexity index is 933. The minimum Gasteiger partial charge on any atom is -0.312 e. The van der Waals surface area contributed by atoms with Gasteiger partial charge in [0.2, 0.25) is 5.91 Å². The Morgan fingerprint density at radius 1 is 1.23 bits per heavy atom. The van der Waals surface area contributed by atoms with Gasteiger partial charge in [0.15, 0.2) is 0 Å². The Morgan fingerprint density at radius 2 is 2.15 bits per heavy atom. The van der Waals surface area contributed by atoms with Crippen LogP contribution in [0.5, 0.6) is 0 Å². The van der Waals surface area contributed by atoms with E-state index in [-0.39, 0.29) is 11.8 Å². The van der Waals surface area contributed by atoms with Crippen molar-refractivity contribution in [3.05, 3.63) is 64.5 Å². The van der Waals surface area contributed by atoms with Crippen molar-refractivity contribution in [3.63, 3.8) is 0 Å². The van der Waals surface area contributed by atoms with Crippen LogP contribution in [0.25, 0.3) is 0 Å². The fourth-order valence-electron chi connectivity index (χ4n) is 3.04. The maximum Gasteiger partial charge on any atom is 0.256 e. The smallest absolute Gasteiger partial charge is 0.256 e. The third-order valence-corrected chi connectivity index (χ3v) is 5.20. The molecule has 1 N–H and O–H groups in total. The van der Waals surface area contributed by atoms with Crippen molar-refractivity contribution in [3.8, 4) is 0 Å². The summed E-state index contributed by atoms with van der Waals surface area (Å²) < 4.78 is 1.76. The van der Waals surface area contributed by atoms with E-state index in [9.17, 15) is 9.59 Å². The van der Waals surface area contributed by atoms with Crippen LogP contribution in [0, 0.1) is 0 Å². The number of rotatable bonds is 5. The standard InChI is InChI=1S/C19H18N4O2S/c24-18-7-2-10-22(18)15-5-1-4-14(12-15)19(25)21-17-8-9-20-23(17)13-16-6-3-11-26-16/h1,3-6,8-9,11-12H,2,7,10,13H2,(H,21,25). The lowest BCUT2D eigenvalue weighted by Crippen LogP contribution is -2.24. The highest BCUT2D eigenvalue weighted by Crippen LogP contribution is 2.23. The molecule has 2 amide bonds. The Kier molecular flexibility index (Phi) is 4.53. The zero-order chi connectivity index (χ0) is 17.9. The van der Waals surface area contributed by atoms with E-state index in [1.54, 1.807) is 51.4 Å². The summed E-state index contributed by atoms with van der Waals surface area (Å²) in [4.78, 5) is 27.5. The number of hydrogen-bond acceptors (Lipinski definition) is 4. The van der Waals surface area contributed by atoms with Crippen molar-refractivity contribution in [2.75, 3.05) is 16.8 Å². The number of anilines is 2. The summed E-state index contributed by atoms with van der Waals surface area (Å²) in [6, 6.07) is 13.0. The van der Waals surface area contributed by atoms with Crippen molar-refractivity contribution in [1.82, 2.24) is 9.78 Å². The molecule has 0 atom stereocenters. The van der Waals surface area contributed by atoms with Crippen molar-refractivity contribution in [2.24, 2.45) is 0 Å². The summed E-state index contributed by atoms with van der Waals surface area (Å²) in [6.45, 7) is 1.32. The first-order valence-corrected chi connectivity index (χ1v) is 9.35. The lowest BCUT2D eigenvalue weighted by atomic mass is 10.1. The second kappa shape index (κ2) is 7.13. The van der Waals surface area contributed by atoms with Gasteiger partial charge in [0.1, 0.15) is 5.82 Å². The SMILES string of the molecule is O=C(Nc1ccnn1Cc1cccs1)c1cccc(N2CCCC2=O)c1. The molecule has 1 fully saturated rings. The third kappa shape index (κ3) is 3.39. The predicted octanol–water partition coefficient (Wildman–Crippen LogP) is 3.37. The number of aromatic nitrogens is 2. The molecule has 0 aliphatic carbocycles. The summed E-state index contributed by atoms with van der Waals surface area (Å²) in [6.07, 6.45) is 3.10. The summed E-state index contributed by atoms with van der Waals surface area (Å²) in [5.74, 6) is 0.536. The molecule has 6 nitrogen and oxygen atoms in total. The summed E-state index contributed by atoms with van der Waals surface area (Å²) in [7, 11) is 0. The summed E-state index contributed by atoms with van der Waals surface area (Å²) in [5.41, 5.74) is 1.29. The zero-order valence-corrected chi connectivity index (χ0v) is 14.9. The molecule has 0 spiro atoms. The minimum atomic E-state index is -0.216. The van der Waals surface area contributed by atoms with E-state index in [0.717, 1.165) is 12.1 Å². The van der Waals surface area contributed by atoms with E-state index >= 15 is 0 Å². The predicted molar refractivity (Wildman–Crippen MR) is 102 cm³/mol. The molecule has 0 saturated carbocycles. The number of nitrogens with zero attached hydrogens (tertiary/aromatic N) is 3. The molecule has 0 bridgehead atoms. The first-order chi connectivity index (χ1) is 12.7. The highest BCUT2D eigenvalue weighted by molar-refractivity contribution is 7.09. The van der Waals surface area contributed by atoms with E-state index in [4.69, 9.17) is 0 Å². The monoisotopic (exact) mass is 366 g/mol. The first kappa shape index (κ1) is 16.5. The van der Waals surface area contributed by atoms with Crippen LogP contribution in [-0.4, -0.2) is 28.1 Å². The Morgan fingerprint density at radius 3 is 2.92 bits per heavy atom. The molecular formula is C19H18N4O2S. The normalized spacial score (nSPS) is 14.0. The van der Waals surface area contributed by atoms with Gasteiger partial charge < -0.3 is 10.2 Å². The van der Waals surface area contributed by atoms with Crippen LogP contribution in [0.1, 0.15) is 28.1 Å². The Hall–Kier alpha value is -2.93. The molecule has 132 valence electrons.